The Bertz CT molecular complexity index is 1220. The lowest BCUT2D eigenvalue weighted by Gasteiger charge is -1.96. The topological polar surface area (TPSA) is 15.8 Å². The van der Waals surface area contributed by atoms with Gasteiger partial charge in [0.05, 0.1) is 0 Å². The van der Waals surface area contributed by atoms with Gasteiger partial charge in [0.25, 0.3) is 0 Å². The Labute approximate surface area is 137 Å². The smallest absolute Gasteiger partial charge is 0.0479 e. The molecule has 2 aromatic heterocycles. The highest BCUT2D eigenvalue weighted by molar-refractivity contribution is 7.25. The van der Waals surface area contributed by atoms with Gasteiger partial charge in [-0.3, -0.25) is 0 Å². The fraction of sp³-hybridized carbons (Fsp3) is 0.0476. The highest BCUT2D eigenvalue weighted by atomic mass is 32.1. The first kappa shape index (κ1) is 12.9. The average molecular weight is 313 g/mol. The fourth-order valence-corrected chi connectivity index (χ4v) is 4.56. The monoisotopic (exact) mass is 313 g/mol. The van der Waals surface area contributed by atoms with Crippen molar-refractivity contribution in [1.29, 1.82) is 0 Å². The van der Waals surface area contributed by atoms with Gasteiger partial charge in [0.1, 0.15) is 0 Å². The van der Waals surface area contributed by atoms with Gasteiger partial charge >= 0.3 is 0 Å². The quantitative estimate of drug-likeness (QED) is 0.353. The highest BCUT2D eigenvalue weighted by Crippen LogP contribution is 2.38. The molecule has 5 aromatic rings. The molecule has 0 unspecified atom stereocenters. The largest absolute Gasteiger partial charge is 0.354 e. The van der Waals surface area contributed by atoms with Crippen molar-refractivity contribution in [3.63, 3.8) is 0 Å². The normalized spacial score (nSPS) is 12.4. The number of aromatic nitrogens is 1. The van der Waals surface area contributed by atoms with E-state index in [0.717, 1.165) is 0 Å². The van der Waals surface area contributed by atoms with Crippen molar-refractivity contribution in [2.45, 2.75) is 6.92 Å². The molecule has 1 nitrogen and oxygen atoms in total. The van der Waals surface area contributed by atoms with Crippen LogP contribution >= 0.6 is 11.3 Å². The number of aromatic amines is 1. The molecule has 3 aromatic carbocycles. The maximum atomic E-state index is 3.57. The second-order valence-electron chi connectivity index (χ2n) is 5.92. The van der Waals surface area contributed by atoms with E-state index in [4.69, 9.17) is 0 Å². The van der Waals surface area contributed by atoms with Gasteiger partial charge in [-0.1, -0.05) is 36.4 Å². The molecule has 2 heterocycles. The van der Waals surface area contributed by atoms with Crippen LogP contribution in [-0.2, 0) is 0 Å². The van der Waals surface area contributed by atoms with E-state index in [1.807, 2.05) is 11.3 Å². The molecular formula is C21H15NS. The number of nitrogens with one attached hydrogen (secondary N) is 1. The molecule has 0 radical (unpaired) electrons. The fourth-order valence-electron chi connectivity index (χ4n) is 3.43. The molecule has 0 aliphatic rings. The summed E-state index contributed by atoms with van der Waals surface area (Å²) in [4.78, 5) is 3.57. The zero-order chi connectivity index (χ0) is 15.4. The summed E-state index contributed by atoms with van der Waals surface area (Å²) in [5.41, 5.74) is 3.67. The van der Waals surface area contributed by atoms with Crippen LogP contribution in [0.5, 0.6) is 0 Å². The Kier molecular flexibility index (Phi) is 2.64. The number of H-pyrrole nitrogens is 1. The van der Waals surface area contributed by atoms with Gasteiger partial charge in [0.2, 0.25) is 0 Å². The Morgan fingerprint density at radius 1 is 0.783 bits per heavy atom. The molecule has 23 heavy (non-hydrogen) atoms. The lowest BCUT2D eigenvalue weighted by Crippen LogP contribution is -1.72. The molecule has 0 bridgehead atoms. The van der Waals surface area contributed by atoms with Crippen molar-refractivity contribution >= 4 is 59.4 Å². The third-order valence-corrected chi connectivity index (χ3v) is 5.61. The molecule has 0 atom stereocenters. The van der Waals surface area contributed by atoms with Crippen molar-refractivity contribution in [3.8, 4) is 0 Å². The van der Waals surface area contributed by atoms with Crippen molar-refractivity contribution < 1.29 is 0 Å². The van der Waals surface area contributed by atoms with Crippen molar-refractivity contribution in [1.82, 2.24) is 4.98 Å². The van der Waals surface area contributed by atoms with Gasteiger partial charge in [-0.25, -0.2) is 0 Å². The predicted molar refractivity (Wildman–Crippen MR) is 103 cm³/mol. The Morgan fingerprint density at radius 2 is 1.65 bits per heavy atom. The first-order valence-electron chi connectivity index (χ1n) is 7.83. The summed E-state index contributed by atoms with van der Waals surface area (Å²) in [5, 5.41) is 5.32. The zero-order valence-corrected chi connectivity index (χ0v) is 13.6. The number of rotatable bonds is 1. The van der Waals surface area contributed by atoms with Crippen molar-refractivity contribution in [3.05, 3.63) is 66.2 Å². The molecule has 0 spiro atoms. The van der Waals surface area contributed by atoms with Crippen LogP contribution < -0.4 is 0 Å². The minimum Gasteiger partial charge on any atom is -0.354 e. The van der Waals surface area contributed by atoms with Crippen LogP contribution in [0, 0.1) is 0 Å². The molecule has 0 saturated carbocycles. The summed E-state index contributed by atoms with van der Waals surface area (Å²) in [6.07, 6.45) is 4.23. The maximum Gasteiger partial charge on any atom is 0.0479 e. The van der Waals surface area contributed by atoms with Crippen molar-refractivity contribution in [2.24, 2.45) is 0 Å². The molecule has 0 saturated heterocycles. The molecular weight excluding hydrogens is 298 g/mol. The molecule has 5 rings (SSSR count). The van der Waals surface area contributed by atoms with Gasteiger partial charge < -0.3 is 4.98 Å². The van der Waals surface area contributed by atoms with Gasteiger partial charge in [-0.05, 0) is 42.8 Å². The van der Waals surface area contributed by atoms with Crippen LogP contribution in [0.15, 0.2) is 60.7 Å². The number of thiophene rings is 1. The Morgan fingerprint density at radius 3 is 2.57 bits per heavy atom. The van der Waals surface area contributed by atoms with Gasteiger partial charge in [-0.2, -0.15) is 0 Å². The SMILES string of the molecule is C/C=C/c1ccc2[nH]c3cc4sc5ccccc5c4cc3c2c1. The third-order valence-electron chi connectivity index (χ3n) is 4.48. The van der Waals surface area contributed by atoms with E-state index in [-0.39, 0.29) is 0 Å². The molecule has 0 amide bonds. The summed E-state index contributed by atoms with van der Waals surface area (Å²) in [5.74, 6) is 0. The number of fused-ring (bicyclic) bond motifs is 6. The van der Waals surface area contributed by atoms with Crippen LogP contribution in [0.3, 0.4) is 0 Å². The Hall–Kier alpha value is -2.58. The molecule has 1 N–H and O–H groups in total. The van der Waals surface area contributed by atoms with Crippen molar-refractivity contribution in [2.75, 3.05) is 0 Å². The standard InChI is InChI=1S/C21H15NS/c1-2-5-13-8-9-18-15(10-13)16-11-17-14-6-3-4-7-20(14)23-21(17)12-19(16)22-18/h2-12,22H,1H3/b5-2+. The highest BCUT2D eigenvalue weighted by Gasteiger charge is 2.10. The van der Waals surface area contributed by atoms with E-state index in [1.54, 1.807) is 0 Å². The number of benzene rings is 3. The summed E-state index contributed by atoms with van der Waals surface area (Å²) in [7, 11) is 0. The van der Waals surface area contributed by atoms with E-state index in [9.17, 15) is 0 Å². The van der Waals surface area contributed by atoms with E-state index >= 15 is 0 Å². The van der Waals surface area contributed by atoms with E-state index in [2.05, 4.69) is 78.7 Å². The zero-order valence-electron chi connectivity index (χ0n) is 12.8. The first-order chi connectivity index (χ1) is 11.3. The van der Waals surface area contributed by atoms with Gasteiger partial charge in [0, 0.05) is 42.0 Å². The van der Waals surface area contributed by atoms with Crippen LogP contribution in [0.25, 0.3) is 48.1 Å². The van der Waals surface area contributed by atoms with Crippen LogP contribution in [0.4, 0.5) is 0 Å². The lowest BCUT2D eigenvalue weighted by molar-refractivity contribution is 1.55. The number of hydrogen-bond donors (Lipinski definition) is 1. The van der Waals surface area contributed by atoms with Gasteiger partial charge in [0.15, 0.2) is 0 Å². The molecule has 2 heteroatoms. The summed E-state index contributed by atoms with van der Waals surface area (Å²) >= 11 is 1.87. The van der Waals surface area contributed by atoms with E-state index < -0.39 is 0 Å². The first-order valence-corrected chi connectivity index (χ1v) is 8.64. The molecule has 0 fully saturated rings. The number of allylic oxidation sites excluding steroid dienone is 1. The lowest BCUT2D eigenvalue weighted by atomic mass is 10.1. The summed E-state index contributed by atoms with van der Waals surface area (Å²) in [6, 6.07) is 19.9. The van der Waals surface area contributed by atoms with Crippen LogP contribution in [0.1, 0.15) is 12.5 Å². The second-order valence-corrected chi connectivity index (χ2v) is 7.01. The second kappa shape index (κ2) is 4.71. The predicted octanol–water partition coefficient (Wildman–Crippen LogP) is 6.72. The molecule has 110 valence electrons. The summed E-state index contributed by atoms with van der Waals surface area (Å²) < 4.78 is 2.70. The maximum absolute atomic E-state index is 3.57. The van der Waals surface area contributed by atoms with Crippen LogP contribution in [-0.4, -0.2) is 4.98 Å². The average Bonchev–Trinajstić information content (AvgIpc) is 3.10. The molecule has 0 aliphatic carbocycles. The minimum atomic E-state index is 1.20. The summed E-state index contributed by atoms with van der Waals surface area (Å²) in [6.45, 7) is 2.06. The Balaban J connectivity index is 1.93. The molecule has 0 aliphatic heterocycles. The third kappa shape index (κ3) is 1.85. The minimum absolute atomic E-state index is 1.20. The van der Waals surface area contributed by atoms with Gasteiger partial charge in [-0.15, -0.1) is 11.3 Å². The van der Waals surface area contributed by atoms with E-state index in [0.29, 0.717) is 0 Å². The number of hydrogen-bond acceptors (Lipinski definition) is 1. The van der Waals surface area contributed by atoms with Crippen LogP contribution in [0.2, 0.25) is 0 Å². The van der Waals surface area contributed by atoms with E-state index in [1.165, 1.54) is 47.5 Å².